The normalized spacial score (nSPS) is 11.2. The SMILES string of the molecule is CCC(=O)COc1ccc(C(F)(F)F)cc1[N+](=O)[O-]. The molecule has 0 saturated heterocycles. The Balaban J connectivity index is 3.05. The molecule has 0 aliphatic carbocycles. The molecule has 1 aromatic rings. The van der Waals surface area contributed by atoms with Crippen LogP contribution in [0, 0.1) is 10.1 Å². The van der Waals surface area contributed by atoms with Crippen LogP contribution in [0.25, 0.3) is 0 Å². The van der Waals surface area contributed by atoms with E-state index in [9.17, 15) is 28.1 Å². The van der Waals surface area contributed by atoms with Crippen molar-refractivity contribution in [1.82, 2.24) is 0 Å². The number of hydrogen-bond acceptors (Lipinski definition) is 4. The molecule has 0 heterocycles. The fourth-order valence-corrected chi connectivity index (χ4v) is 1.22. The Kier molecular flexibility index (Phi) is 4.47. The number of carbonyl (C=O) groups is 1. The zero-order valence-corrected chi connectivity index (χ0v) is 9.86. The van der Waals surface area contributed by atoms with E-state index in [1.807, 2.05) is 0 Å². The Hall–Kier alpha value is -2.12. The number of halogens is 3. The number of carbonyl (C=O) groups excluding carboxylic acids is 1. The van der Waals surface area contributed by atoms with E-state index in [2.05, 4.69) is 0 Å². The highest BCUT2D eigenvalue weighted by Gasteiger charge is 2.33. The smallest absolute Gasteiger partial charge is 0.416 e. The molecule has 0 aliphatic heterocycles. The van der Waals surface area contributed by atoms with Crippen LogP contribution < -0.4 is 4.74 Å². The van der Waals surface area contributed by atoms with Crippen molar-refractivity contribution in [2.24, 2.45) is 0 Å². The summed E-state index contributed by atoms with van der Waals surface area (Å²) in [5.41, 5.74) is -1.97. The predicted octanol–water partition coefficient (Wildman–Crippen LogP) is 2.97. The standard InChI is InChI=1S/C11H10F3NO4/c1-2-8(16)6-19-10-4-3-7(11(12,13)14)5-9(10)15(17)18/h3-5H,2,6H2,1H3. The van der Waals surface area contributed by atoms with Gasteiger partial charge in [0.25, 0.3) is 0 Å². The van der Waals surface area contributed by atoms with Crippen LogP contribution in [-0.2, 0) is 11.0 Å². The molecule has 0 saturated carbocycles. The van der Waals surface area contributed by atoms with Gasteiger partial charge in [-0.05, 0) is 12.1 Å². The number of benzene rings is 1. The lowest BCUT2D eigenvalue weighted by Gasteiger charge is -2.09. The summed E-state index contributed by atoms with van der Waals surface area (Å²) in [6.07, 6.45) is -4.50. The van der Waals surface area contributed by atoms with Crippen LogP contribution in [-0.4, -0.2) is 17.3 Å². The number of hydrogen-bond donors (Lipinski definition) is 0. The second-order valence-corrected chi connectivity index (χ2v) is 3.62. The highest BCUT2D eigenvalue weighted by Crippen LogP contribution is 2.35. The number of ketones is 1. The van der Waals surface area contributed by atoms with Gasteiger partial charge >= 0.3 is 11.9 Å². The van der Waals surface area contributed by atoms with Gasteiger partial charge in [-0.1, -0.05) is 6.92 Å². The third-order valence-electron chi connectivity index (χ3n) is 2.27. The lowest BCUT2D eigenvalue weighted by molar-refractivity contribution is -0.386. The van der Waals surface area contributed by atoms with E-state index in [4.69, 9.17) is 4.74 Å². The monoisotopic (exact) mass is 277 g/mol. The molecule has 0 radical (unpaired) electrons. The van der Waals surface area contributed by atoms with Gasteiger partial charge in [0.05, 0.1) is 10.5 Å². The van der Waals surface area contributed by atoms with Gasteiger partial charge in [0.2, 0.25) is 0 Å². The van der Waals surface area contributed by atoms with Gasteiger partial charge in [-0.25, -0.2) is 0 Å². The van der Waals surface area contributed by atoms with Gasteiger partial charge in [0.1, 0.15) is 6.61 Å². The summed E-state index contributed by atoms with van der Waals surface area (Å²) in [4.78, 5) is 20.7. The first kappa shape index (κ1) is 14.9. The number of alkyl halides is 3. The molecule has 0 aliphatic rings. The van der Waals surface area contributed by atoms with Crippen LogP contribution in [0.4, 0.5) is 18.9 Å². The molecule has 104 valence electrons. The minimum Gasteiger partial charge on any atom is -0.479 e. The van der Waals surface area contributed by atoms with Gasteiger partial charge in [0.15, 0.2) is 11.5 Å². The molecule has 0 spiro atoms. The van der Waals surface area contributed by atoms with Crippen LogP contribution in [0.5, 0.6) is 5.75 Å². The zero-order valence-electron chi connectivity index (χ0n) is 9.86. The van der Waals surface area contributed by atoms with Crippen molar-refractivity contribution in [3.05, 3.63) is 33.9 Å². The summed E-state index contributed by atoms with van der Waals surface area (Å²) >= 11 is 0. The first-order valence-corrected chi connectivity index (χ1v) is 5.25. The van der Waals surface area contributed by atoms with Crippen LogP contribution in [0.1, 0.15) is 18.9 Å². The summed E-state index contributed by atoms with van der Waals surface area (Å²) in [6, 6.07) is 1.88. The van der Waals surface area contributed by atoms with Crippen molar-refractivity contribution < 1.29 is 27.6 Å². The second kappa shape index (κ2) is 5.68. The molecular weight excluding hydrogens is 267 g/mol. The zero-order chi connectivity index (χ0) is 14.6. The van der Waals surface area contributed by atoms with Crippen LogP contribution >= 0.6 is 0 Å². The van der Waals surface area contributed by atoms with Crippen molar-refractivity contribution in [3.63, 3.8) is 0 Å². The summed E-state index contributed by atoms with van der Waals surface area (Å²) < 4.78 is 42.1. The molecular formula is C11H10F3NO4. The maximum Gasteiger partial charge on any atom is 0.416 e. The molecule has 0 fully saturated rings. The lowest BCUT2D eigenvalue weighted by atomic mass is 10.2. The Labute approximate surface area is 106 Å². The van der Waals surface area contributed by atoms with Crippen molar-refractivity contribution in [3.8, 4) is 5.75 Å². The van der Waals surface area contributed by atoms with Crippen LogP contribution in [0.3, 0.4) is 0 Å². The highest BCUT2D eigenvalue weighted by molar-refractivity contribution is 5.79. The maximum atomic E-state index is 12.4. The molecule has 8 heteroatoms. The minimum atomic E-state index is -4.68. The van der Waals surface area contributed by atoms with E-state index in [0.717, 1.165) is 6.07 Å². The van der Waals surface area contributed by atoms with Crippen molar-refractivity contribution in [2.75, 3.05) is 6.61 Å². The summed E-state index contributed by atoms with van der Waals surface area (Å²) in [6.45, 7) is 1.16. The number of Topliss-reactive ketones (excluding diaryl/α,β-unsaturated/α-hetero) is 1. The number of nitro benzene ring substituents is 1. The average molecular weight is 277 g/mol. The summed E-state index contributed by atoms with van der Waals surface area (Å²) in [7, 11) is 0. The molecule has 1 rings (SSSR count). The molecule has 0 aromatic heterocycles. The first-order chi connectivity index (χ1) is 8.75. The van der Waals surface area contributed by atoms with Crippen molar-refractivity contribution >= 4 is 11.5 Å². The van der Waals surface area contributed by atoms with E-state index in [-0.39, 0.29) is 18.0 Å². The molecule has 0 atom stereocenters. The van der Waals surface area contributed by atoms with E-state index in [0.29, 0.717) is 12.1 Å². The highest BCUT2D eigenvalue weighted by atomic mass is 19.4. The fraction of sp³-hybridized carbons (Fsp3) is 0.364. The van der Waals surface area contributed by atoms with Gasteiger partial charge < -0.3 is 4.74 Å². The van der Waals surface area contributed by atoms with Gasteiger partial charge in [0, 0.05) is 12.5 Å². The van der Waals surface area contributed by atoms with Gasteiger partial charge in [-0.15, -0.1) is 0 Å². The average Bonchev–Trinajstić information content (AvgIpc) is 2.34. The van der Waals surface area contributed by atoms with Crippen LogP contribution in [0.15, 0.2) is 18.2 Å². The van der Waals surface area contributed by atoms with Gasteiger partial charge in [-0.3, -0.25) is 14.9 Å². The Morgan fingerprint density at radius 3 is 2.53 bits per heavy atom. The third kappa shape index (κ3) is 3.94. The lowest BCUT2D eigenvalue weighted by Crippen LogP contribution is -2.11. The quantitative estimate of drug-likeness (QED) is 0.612. The molecule has 19 heavy (non-hydrogen) atoms. The van der Waals surface area contributed by atoms with Crippen molar-refractivity contribution in [2.45, 2.75) is 19.5 Å². The number of ether oxygens (including phenoxy) is 1. The topological polar surface area (TPSA) is 69.4 Å². The third-order valence-corrected chi connectivity index (χ3v) is 2.27. The number of rotatable bonds is 5. The van der Waals surface area contributed by atoms with E-state index in [1.54, 1.807) is 6.92 Å². The Morgan fingerprint density at radius 1 is 1.42 bits per heavy atom. The van der Waals surface area contributed by atoms with Crippen molar-refractivity contribution in [1.29, 1.82) is 0 Å². The van der Waals surface area contributed by atoms with E-state index >= 15 is 0 Å². The maximum absolute atomic E-state index is 12.4. The number of nitro groups is 1. The summed E-state index contributed by atoms with van der Waals surface area (Å²) in [5, 5.41) is 10.7. The van der Waals surface area contributed by atoms with Crippen LogP contribution in [0.2, 0.25) is 0 Å². The predicted molar refractivity (Wildman–Crippen MR) is 58.9 cm³/mol. The summed E-state index contributed by atoms with van der Waals surface area (Å²) in [5.74, 6) is -0.672. The first-order valence-electron chi connectivity index (χ1n) is 5.25. The van der Waals surface area contributed by atoms with E-state index < -0.39 is 29.0 Å². The Morgan fingerprint density at radius 2 is 2.05 bits per heavy atom. The fourth-order valence-electron chi connectivity index (χ4n) is 1.22. The molecule has 0 bridgehead atoms. The Bertz CT molecular complexity index is 499. The molecule has 1 aromatic carbocycles. The molecule has 5 nitrogen and oxygen atoms in total. The number of nitrogens with zero attached hydrogens (tertiary/aromatic N) is 1. The molecule has 0 amide bonds. The minimum absolute atomic E-state index is 0.175. The largest absolute Gasteiger partial charge is 0.479 e. The van der Waals surface area contributed by atoms with Gasteiger partial charge in [-0.2, -0.15) is 13.2 Å². The second-order valence-electron chi connectivity index (χ2n) is 3.62. The van der Waals surface area contributed by atoms with E-state index in [1.165, 1.54) is 0 Å². The molecule has 0 unspecified atom stereocenters. The molecule has 0 N–H and O–H groups in total.